The van der Waals surface area contributed by atoms with Gasteiger partial charge in [0.2, 0.25) is 5.91 Å². The fourth-order valence-corrected chi connectivity index (χ4v) is 4.29. The Kier molecular flexibility index (Phi) is 9.56. The molecule has 2 N–H and O–H groups in total. The molecule has 0 bridgehead atoms. The number of methoxy groups -OCH3 is 2. The summed E-state index contributed by atoms with van der Waals surface area (Å²) in [5.41, 5.74) is 10.7. The van der Waals surface area contributed by atoms with Gasteiger partial charge in [-0.25, -0.2) is 4.39 Å². The first-order valence-corrected chi connectivity index (χ1v) is 11.8. The van der Waals surface area contributed by atoms with E-state index in [9.17, 15) is 9.18 Å². The lowest BCUT2D eigenvalue weighted by atomic mass is 10.0. The molecule has 2 aromatic carbocycles. The zero-order chi connectivity index (χ0) is 24.9. The molecule has 4 atom stereocenters. The van der Waals surface area contributed by atoms with Gasteiger partial charge in [-0.2, -0.15) is 0 Å². The minimum atomic E-state index is -0.374. The number of hydrogen-bond acceptors (Lipinski definition) is 5. The number of aromatic nitrogens is 1. The van der Waals surface area contributed by atoms with E-state index in [1.165, 1.54) is 6.07 Å². The molecular weight excluding hydrogens is 481 g/mol. The molecule has 1 heterocycles. The van der Waals surface area contributed by atoms with Crippen LogP contribution in [0, 0.1) is 11.7 Å². The van der Waals surface area contributed by atoms with Crippen LogP contribution in [0.15, 0.2) is 66.9 Å². The Morgan fingerprint density at radius 1 is 1.11 bits per heavy atom. The lowest BCUT2D eigenvalue weighted by molar-refractivity contribution is -0.120. The van der Waals surface area contributed by atoms with Crippen molar-refractivity contribution in [1.29, 1.82) is 0 Å². The van der Waals surface area contributed by atoms with Gasteiger partial charge in [0.25, 0.3) is 0 Å². The van der Waals surface area contributed by atoms with Gasteiger partial charge in [0.1, 0.15) is 5.82 Å². The highest BCUT2D eigenvalue weighted by Crippen LogP contribution is 2.49. The monoisotopic (exact) mass is 513 g/mol. The first kappa shape index (κ1) is 27.7. The van der Waals surface area contributed by atoms with E-state index >= 15 is 0 Å². The number of halogens is 2. The maximum absolute atomic E-state index is 14.2. The lowest BCUT2D eigenvalue weighted by Gasteiger charge is -2.29. The number of nitrogens with zero attached hydrogens (tertiary/aromatic N) is 2. The van der Waals surface area contributed by atoms with E-state index in [0.29, 0.717) is 25.3 Å². The van der Waals surface area contributed by atoms with Crippen molar-refractivity contribution in [3.8, 4) is 11.1 Å². The molecule has 0 radical (unpaired) electrons. The van der Waals surface area contributed by atoms with Gasteiger partial charge in [0.05, 0.1) is 18.4 Å². The number of pyridine rings is 1. The van der Waals surface area contributed by atoms with Gasteiger partial charge < -0.3 is 20.1 Å². The van der Waals surface area contributed by atoms with Crippen LogP contribution in [-0.4, -0.2) is 43.8 Å². The van der Waals surface area contributed by atoms with Crippen LogP contribution in [0.5, 0.6) is 0 Å². The summed E-state index contributed by atoms with van der Waals surface area (Å²) in [7, 11) is 3.28. The average molecular weight is 514 g/mol. The standard InChI is InChI=1S/C28H32FN3O3.ClH/c1-18(35-3)26(30)16-32(28(33)24-15-23(24)27-25(29)5-4-14-31-27)22-12-10-21(11-13-22)20-8-6-19(7-9-20)17-34-2;/h4-14,18,23-24,26H,15-17,30H2,1-3H3;1H/t18-,23-,24-,26-;/m1./s1. The summed E-state index contributed by atoms with van der Waals surface area (Å²) < 4.78 is 24.8. The molecule has 1 aliphatic carbocycles. The van der Waals surface area contributed by atoms with Gasteiger partial charge in [0.15, 0.2) is 0 Å². The third-order valence-electron chi connectivity index (χ3n) is 6.66. The number of rotatable bonds is 10. The van der Waals surface area contributed by atoms with Crippen molar-refractivity contribution in [3.05, 3.63) is 83.9 Å². The summed E-state index contributed by atoms with van der Waals surface area (Å²) in [4.78, 5) is 19.4. The third kappa shape index (κ3) is 6.28. The smallest absolute Gasteiger partial charge is 0.230 e. The van der Waals surface area contributed by atoms with Crippen LogP contribution in [0.1, 0.15) is 30.5 Å². The Morgan fingerprint density at radius 2 is 1.75 bits per heavy atom. The molecule has 1 saturated carbocycles. The van der Waals surface area contributed by atoms with Crippen LogP contribution < -0.4 is 10.6 Å². The summed E-state index contributed by atoms with van der Waals surface area (Å²) in [5, 5.41) is 0. The molecular formula is C28H33ClFN3O3. The molecule has 0 unspecified atom stereocenters. The number of amides is 1. The van der Waals surface area contributed by atoms with Crippen molar-refractivity contribution in [1.82, 2.24) is 4.98 Å². The normalized spacial score (nSPS) is 18.1. The average Bonchev–Trinajstić information content (AvgIpc) is 3.68. The van der Waals surface area contributed by atoms with Crippen LogP contribution >= 0.6 is 12.4 Å². The Bertz CT molecular complexity index is 1140. The molecule has 1 fully saturated rings. The first-order valence-electron chi connectivity index (χ1n) is 11.8. The zero-order valence-electron chi connectivity index (χ0n) is 20.8. The number of nitrogens with two attached hydrogens (primary N) is 1. The van der Waals surface area contributed by atoms with Gasteiger partial charge >= 0.3 is 0 Å². The molecule has 36 heavy (non-hydrogen) atoms. The molecule has 0 saturated heterocycles. The second-order valence-electron chi connectivity index (χ2n) is 9.05. The van der Waals surface area contributed by atoms with Crippen molar-refractivity contribution in [3.63, 3.8) is 0 Å². The fourth-order valence-electron chi connectivity index (χ4n) is 4.29. The van der Waals surface area contributed by atoms with Crippen LogP contribution in [-0.2, 0) is 20.9 Å². The van der Waals surface area contributed by atoms with Crippen LogP contribution in [0.4, 0.5) is 10.1 Å². The summed E-state index contributed by atoms with van der Waals surface area (Å²) in [6.45, 7) is 2.75. The van der Waals surface area contributed by atoms with E-state index in [4.69, 9.17) is 15.2 Å². The molecule has 1 aromatic heterocycles. The van der Waals surface area contributed by atoms with Crippen LogP contribution in [0.2, 0.25) is 0 Å². The maximum atomic E-state index is 14.2. The molecule has 6 nitrogen and oxygen atoms in total. The highest BCUT2D eigenvalue weighted by atomic mass is 35.5. The zero-order valence-corrected chi connectivity index (χ0v) is 21.6. The Labute approximate surface area is 218 Å². The second kappa shape index (κ2) is 12.4. The van der Waals surface area contributed by atoms with E-state index in [2.05, 4.69) is 17.1 Å². The summed E-state index contributed by atoms with van der Waals surface area (Å²) in [6.07, 6.45) is 1.91. The summed E-state index contributed by atoms with van der Waals surface area (Å²) in [5.74, 6) is -0.981. The number of benzene rings is 2. The molecule has 0 spiro atoms. The minimum Gasteiger partial charge on any atom is -0.380 e. The van der Waals surface area contributed by atoms with Gasteiger partial charge in [-0.05, 0) is 54.3 Å². The van der Waals surface area contributed by atoms with Gasteiger partial charge in [-0.1, -0.05) is 36.4 Å². The lowest BCUT2D eigenvalue weighted by Crippen LogP contribution is -2.47. The number of hydrogen-bond donors (Lipinski definition) is 1. The number of carbonyl (C=O) groups is 1. The van der Waals surface area contributed by atoms with E-state index < -0.39 is 0 Å². The summed E-state index contributed by atoms with van der Waals surface area (Å²) in [6, 6.07) is 18.6. The highest BCUT2D eigenvalue weighted by Gasteiger charge is 2.48. The van der Waals surface area contributed by atoms with Crippen molar-refractivity contribution in [2.75, 3.05) is 25.7 Å². The number of ether oxygens (including phenoxy) is 2. The fraction of sp³-hybridized carbons (Fsp3) is 0.357. The quantitative estimate of drug-likeness (QED) is 0.415. The largest absolute Gasteiger partial charge is 0.380 e. The molecule has 0 aliphatic heterocycles. The molecule has 8 heteroatoms. The van der Waals surface area contributed by atoms with E-state index in [1.54, 1.807) is 31.4 Å². The number of carbonyl (C=O) groups excluding carboxylic acids is 1. The molecule has 192 valence electrons. The van der Waals surface area contributed by atoms with Crippen molar-refractivity contribution in [2.24, 2.45) is 11.7 Å². The van der Waals surface area contributed by atoms with Gasteiger partial charge in [-0.15, -0.1) is 12.4 Å². The van der Waals surface area contributed by atoms with Crippen LogP contribution in [0.3, 0.4) is 0 Å². The van der Waals surface area contributed by atoms with Crippen molar-refractivity contribution in [2.45, 2.75) is 38.0 Å². The SMILES string of the molecule is COCc1ccc(-c2ccc(N(C[C@@H](N)[C@@H](C)OC)C(=O)[C@@H]3C[C@H]3c3ncccc3F)cc2)cc1.Cl. The third-order valence-corrected chi connectivity index (χ3v) is 6.66. The maximum Gasteiger partial charge on any atom is 0.230 e. The molecule has 1 amide bonds. The molecule has 3 aromatic rings. The Hall–Kier alpha value is -2.84. The molecule has 1 aliphatic rings. The van der Waals surface area contributed by atoms with Crippen molar-refractivity contribution >= 4 is 24.0 Å². The number of anilines is 1. The highest BCUT2D eigenvalue weighted by molar-refractivity contribution is 5.97. The van der Waals surface area contributed by atoms with E-state index in [1.807, 2.05) is 43.3 Å². The first-order chi connectivity index (χ1) is 16.9. The predicted molar refractivity (Wildman–Crippen MR) is 142 cm³/mol. The Morgan fingerprint density at radius 3 is 2.33 bits per heavy atom. The van der Waals surface area contributed by atoms with Crippen molar-refractivity contribution < 1.29 is 18.7 Å². The Balaban J connectivity index is 0.00000361. The topological polar surface area (TPSA) is 77.7 Å². The van der Waals surface area contributed by atoms with E-state index in [0.717, 1.165) is 22.4 Å². The van der Waals surface area contributed by atoms with Gasteiger partial charge in [-0.3, -0.25) is 9.78 Å². The van der Waals surface area contributed by atoms with Gasteiger partial charge in [0, 0.05) is 50.5 Å². The molecule has 4 rings (SSSR count). The second-order valence-corrected chi connectivity index (χ2v) is 9.05. The van der Waals surface area contributed by atoms with Crippen LogP contribution in [0.25, 0.3) is 11.1 Å². The predicted octanol–water partition coefficient (Wildman–Crippen LogP) is 4.95. The van der Waals surface area contributed by atoms with E-state index in [-0.39, 0.29) is 48.1 Å². The summed E-state index contributed by atoms with van der Waals surface area (Å²) >= 11 is 0. The minimum absolute atomic E-state index is 0.